The van der Waals surface area contributed by atoms with E-state index in [4.69, 9.17) is 20.2 Å². The molecule has 0 spiro atoms. The van der Waals surface area contributed by atoms with Crippen LogP contribution in [0.5, 0.6) is 11.5 Å². The Morgan fingerprint density at radius 2 is 1.92 bits per heavy atom. The number of halogens is 1. The smallest absolute Gasteiger partial charge is 0.282 e. The van der Waals surface area contributed by atoms with Gasteiger partial charge in [-0.05, 0) is 94.6 Å². The molecular formula is C28H27IN4O4. The molecular weight excluding hydrogens is 583 g/mol. The van der Waals surface area contributed by atoms with Crippen molar-refractivity contribution in [1.29, 1.82) is 0 Å². The first kappa shape index (κ1) is 26.3. The zero-order valence-corrected chi connectivity index (χ0v) is 23.1. The van der Waals surface area contributed by atoms with E-state index in [0.717, 1.165) is 31.6 Å². The highest BCUT2D eigenvalue weighted by molar-refractivity contribution is 14.1. The molecule has 1 aromatic heterocycles. The highest BCUT2D eigenvalue weighted by Gasteiger charge is 2.18. The lowest BCUT2D eigenvalue weighted by molar-refractivity contribution is -0.119. The monoisotopic (exact) mass is 610 g/mol. The third kappa shape index (κ3) is 5.66. The van der Waals surface area contributed by atoms with Crippen molar-refractivity contribution in [2.24, 2.45) is 10.8 Å². The molecule has 0 saturated carbocycles. The summed E-state index contributed by atoms with van der Waals surface area (Å²) >= 11 is 2.11. The normalized spacial score (nSPS) is 11.4. The van der Waals surface area contributed by atoms with E-state index >= 15 is 0 Å². The highest BCUT2D eigenvalue weighted by Crippen LogP contribution is 2.34. The number of rotatable bonds is 8. The fourth-order valence-corrected chi connectivity index (χ4v) is 4.66. The summed E-state index contributed by atoms with van der Waals surface area (Å²) in [4.78, 5) is 29.5. The molecule has 37 heavy (non-hydrogen) atoms. The predicted molar refractivity (Wildman–Crippen MR) is 154 cm³/mol. The summed E-state index contributed by atoms with van der Waals surface area (Å²) in [5.74, 6) is 1.43. The Morgan fingerprint density at radius 3 is 2.59 bits per heavy atom. The van der Waals surface area contributed by atoms with Crippen molar-refractivity contribution in [3.8, 4) is 22.9 Å². The number of amides is 1. The molecule has 190 valence electrons. The lowest BCUT2D eigenvalue weighted by Gasteiger charge is -2.17. The van der Waals surface area contributed by atoms with Gasteiger partial charge in [-0.2, -0.15) is 9.78 Å². The summed E-state index contributed by atoms with van der Waals surface area (Å²) < 4.78 is 13.1. The quantitative estimate of drug-likeness (QED) is 0.227. The lowest BCUT2D eigenvalue weighted by atomic mass is 9.96. The third-order valence-corrected chi connectivity index (χ3v) is 6.68. The summed E-state index contributed by atoms with van der Waals surface area (Å²) in [7, 11) is 1.65. The van der Waals surface area contributed by atoms with Crippen LogP contribution in [-0.4, -0.2) is 35.5 Å². The van der Waals surface area contributed by atoms with E-state index in [1.807, 2.05) is 43.3 Å². The summed E-state index contributed by atoms with van der Waals surface area (Å²) in [6.07, 6.45) is 1.60. The number of ether oxygens (including phenoxy) is 2. The molecule has 2 N–H and O–H groups in total. The minimum atomic E-state index is -0.549. The van der Waals surface area contributed by atoms with Gasteiger partial charge in [-0.15, -0.1) is 0 Å². The van der Waals surface area contributed by atoms with Gasteiger partial charge >= 0.3 is 0 Å². The van der Waals surface area contributed by atoms with Crippen LogP contribution in [-0.2, 0) is 4.79 Å². The summed E-state index contributed by atoms with van der Waals surface area (Å²) in [5, 5.41) is 5.05. The van der Waals surface area contributed by atoms with Crippen LogP contribution in [0.3, 0.4) is 0 Å². The summed E-state index contributed by atoms with van der Waals surface area (Å²) in [6.45, 7) is 5.94. The standard InChI is InChI=1S/C28H27IN4O4/c1-16(2)20-13-21(17(3)11-25(20)36-4)27-32-23-8-6-5-7-19(23)28(35)33(27)31-14-18-9-10-24(22(29)12-18)37-15-26(30)34/h5-14,16H,15H2,1-4H3,(H2,30,34). The highest BCUT2D eigenvalue weighted by atomic mass is 127. The maximum Gasteiger partial charge on any atom is 0.282 e. The molecule has 4 aromatic rings. The van der Waals surface area contributed by atoms with Gasteiger partial charge in [0.05, 0.1) is 27.8 Å². The number of nitrogens with zero attached hydrogens (tertiary/aromatic N) is 3. The van der Waals surface area contributed by atoms with E-state index in [1.165, 1.54) is 4.68 Å². The second kappa shape index (κ2) is 11.1. The van der Waals surface area contributed by atoms with Gasteiger partial charge in [0.2, 0.25) is 0 Å². The second-order valence-corrected chi connectivity index (χ2v) is 9.98. The number of carbonyl (C=O) groups is 1. The number of nitrogens with two attached hydrogens (primary N) is 1. The molecule has 0 unspecified atom stereocenters. The summed E-state index contributed by atoms with van der Waals surface area (Å²) in [5.41, 5.74) is 8.97. The molecule has 1 amide bonds. The van der Waals surface area contributed by atoms with Gasteiger partial charge in [0.1, 0.15) is 11.5 Å². The van der Waals surface area contributed by atoms with Crippen LogP contribution in [0.1, 0.15) is 36.5 Å². The largest absolute Gasteiger partial charge is 0.496 e. The number of aromatic nitrogens is 2. The molecule has 0 atom stereocenters. The minimum Gasteiger partial charge on any atom is -0.496 e. The van der Waals surface area contributed by atoms with Crippen molar-refractivity contribution in [3.05, 3.63) is 85.2 Å². The first-order valence-electron chi connectivity index (χ1n) is 11.6. The average molecular weight is 610 g/mol. The Labute approximate surface area is 228 Å². The Balaban J connectivity index is 1.86. The molecule has 0 radical (unpaired) electrons. The molecule has 0 saturated heterocycles. The van der Waals surface area contributed by atoms with E-state index in [1.54, 1.807) is 31.5 Å². The van der Waals surface area contributed by atoms with Crippen molar-refractivity contribution in [1.82, 2.24) is 9.66 Å². The number of fused-ring (bicyclic) bond motifs is 1. The van der Waals surface area contributed by atoms with Gasteiger partial charge < -0.3 is 15.2 Å². The van der Waals surface area contributed by atoms with Crippen molar-refractivity contribution in [2.75, 3.05) is 13.7 Å². The molecule has 0 fully saturated rings. The molecule has 9 heteroatoms. The van der Waals surface area contributed by atoms with Crippen molar-refractivity contribution < 1.29 is 14.3 Å². The molecule has 4 rings (SSSR count). The average Bonchev–Trinajstić information content (AvgIpc) is 2.87. The first-order valence-corrected chi connectivity index (χ1v) is 12.7. The van der Waals surface area contributed by atoms with Crippen molar-refractivity contribution >= 4 is 45.6 Å². The Hall–Kier alpha value is -3.73. The molecule has 0 bridgehead atoms. The molecule has 0 aliphatic rings. The topological polar surface area (TPSA) is 109 Å². The maximum absolute atomic E-state index is 13.6. The minimum absolute atomic E-state index is 0.204. The van der Waals surface area contributed by atoms with E-state index in [-0.39, 0.29) is 18.1 Å². The van der Waals surface area contributed by atoms with Crippen molar-refractivity contribution in [3.63, 3.8) is 0 Å². The number of carbonyl (C=O) groups excluding carboxylic acids is 1. The van der Waals surface area contributed by atoms with E-state index < -0.39 is 5.91 Å². The van der Waals surface area contributed by atoms with E-state index in [0.29, 0.717) is 22.5 Å². The molecule has 0 aliphatic carbocycles. The van der Waals surface area contributed by atoms with Gasteiger partial charge in [0, 0.05) is 5.56 Å². The Kier molecular flexibility index (Phi) is 7.91. The number of aryl methyl sites for hydroxylation is 1. The van der Waals surface area contributed by atoms with Gasteiger partial charge in [-0.3, -0.25) is 9.59 Å². The van der Waals surface area contributed by atoms with Crippen LogP contribution in [0.2, 0.25) is 0 Å². The number of hydrogen-bond acceptors (Lipinski definition) is 6. The van der Waals surface area contributed by atoms with Crippen LogP contribution in [0, 0.1) is 10.5 Å². The maximum atomic E-state index is 13.6. The third-order valence-electron chi connectivity index (χ3n) is 5.84. The van der Waals surface area contributed by atoms with Gasteiger partial charge in [-0.1, -0.05) is 26.0 Å². The Morgan fingerprint density at radius 1 is 1.16 bits per heavy atom. The van der Waals surface area contributed by atoms with Crippen LogP contribution < -0.4 is 20.8 Å². The van der Waals surface area contributed by atoms with E-state index in [2.05, 4.69) is 41.5 Å². The van der Waals surface area contributed by atoms with Crippen molar-refractivity contribution in [2.45, 2.75) is 26.7 Å². The number of hydrogen-bond donors (Lipinski definition) is 1. The van der Waals surface area contributed by atoms with Crippen LogP contribution in [0.4, 0.5) is 0 Å². The number of benzene rings is 3. The number of para-hydroxylation sites is 1. The molecule has 8 nitrogen and oxygen atoms in total. The van der Waals surface area contributed by atoms with Crippen LogP contribution >= 0.6 is 22.6 Å². The van der Waals surface area contributed by atoms with Gasteiger partial charge in [0.15, 0.2) is 12.4 Å². The fourth-order valence-electron chi connectivity index (χ4n) is 3.96. The second-order valence-electron chi connectivity index (χ2n) is 8.82. The fraction of sp³-hybridized carbons (Fsp3) is 0.214. The molecule has 1 heterocycles. The number of methoxy groups -OCH3 is 1. The number of primary amides is 1. The SMILES string of the molecule is COc1cc(C)c(-c2nc3ccccc3c(=O)n2N=Cc2ccc(OCC(N)=O)c(I)c2)cc1C(C)C. The molecule has 3 aromatic carbocycles. The molecule has 0 aliphatic heterocycles. The zero-order chi connectivity index (χ0) is 26.7. The van der Waals surface area contributed by atoms with Gasteiger partial charge in [-0.25, -0.2) is 4.98 Å². The van der Waals surface area contributed by atoms with Gasteiger partial charge in [0.25, 0.3) is 11.5 Å². The predicted octanol–water partition coefficient (Wildman–Crippen LogP) is 4.85. The summed E-state index contributed by atoms with van der Waals surface area (Å²) in [6, 6.07) is 16.6. The lowest BCUT2D eigenvalue weighted by Crippen LogP contribution is -2.21. The van der Waals surface area contributed by atoms with E-state index in [9.17, 15) is 9.59 Å². The van der Waals surface area contributed by atoms with Crippen LogP contribution in [0.15, 0.2) is 64.5 Å². The van der Waals surface area contributed by atoms with Crippen LogP contribution in [0.25, 0.3) is 22.3 Å². The Bertz CT molecular complexity index is 1580. The zero-order valence-electron chi connectivity index (χ0n) is 21.0. The first-order chi connectivity index (χ1) is 17.7.